The first kappa shape index (κ1) is 18.2. The molecule has 0 saturated carbocycles. The van der Waals surface area contributed by atoms with Gasteiger partial charge in [-0.3, -0.25) is 9.52 Å². The van der Waals surface area contributed by atoms with Gasteiger partial charge in [0.25, 0.3) is 0 Å². The third-order valence-electron chi connectivity index (χ3n) is 4.41. The zero-order valence-corrected chi connectivity index (χ0v) is 15.1. The molecule has 0 saturated heterocycles. The number of carbonyl (C=O) groups is 1. The van der Waals surface area contributed by atoms with Crippen LogP contribution in [0.3, 0.4) is 0 Å². The molecule has 26 heavy (non-hydrogen) atoms. The van der Waals surface area contributed by atoms with Gasteiger partial charge in [0.15, 0.2) is 0 Å². The maximum atomic E-state index is 12.2. The maximum absolute atomic E-state index is 12.2. The summed E-state index contributed by atoms with van der Waals surface area (Å²) in [5.41, 5.74) is 4.92. The van der Waals surface area contributed by atoms with Gasteiger partial charge in [0, 0.05) is 6.20 Å². The van der Waals surface area contributed by atoms with E-state index in [1.807, 2.05) is 48.5 Å². The predicted molar refractivity (Wildman–Crippen MR) is 100 cm³/mol. The van der Waals surface area contributed by atoms with E-state index >= 15 is 0 Å². The normalized spacial score (nSPS) is 15.0. The molecule has 6 heteroatoms. The molecule has 1 aliphatic rings. The van der Waals surface area contributed by atoms with Crippen LogP contribution >= 0.6 is 0 Å². The molecule has 1 aliphatic carbocycles. The van der Waals surface area contributed by atoms with E-state index in [0.29, 0.717) is 19.3 Å². The molecule has 0 amide bonds. The Kier molecular flexibility index (Phi) is 5.42. The summed E-state index contributed by atoms with van der Waals surface area (Å²) < 4.78 is 26.9. The molecule has 0 spiro atoms. The number of nitrogens with one attached hydrogen (secondary N) is 1. The zero-order chi connectivity index (χ0) is 18.6. The van der Waals surface area contributed by atoms with E-state index in [1.54, 1.807) is 6.20 Å². The summed E-state index contributed by atoms with van der Waals surface area (Å²) in [7, 11) is -3.38. The van der Waals surface area contributed by atoms with Crippen LogP contribution in [0, 0.1) is 0 Å². The second-order valence-electron chi connectivity index (χ2n) is 6.50. The van der Waals surface area contributed by atoms with Crippen LogP contribution in [0.5, 0.6) is 0 Å². The second kappa shape index (κ2) is 7.74. The van der Waals surface area contributed by atoms with Crippen LogP contribution in [0.25, 0.3) is 0 Å². The quantitative estimate of drug-likeness (QED) is 0.783. The van der Waals surface area contributed by atoms with Crippen molar-refractivity contribution in [1.82, 2.24) is 4.72 Å². The molecule has 0 aliphatic heterocycles. The van der Waals surface area contributed by atoms with E-state index < -0.39 is 16.0 Å². The molecular formula is C20H21NO4S. The zero-order valence-electron chi connectivity index (χ0n) is 14.3. The monoisotopic (exact) mass is 371 g/mol. The van der Waals surface area contributed by atoms with E-state index in [-0.39, 0.29) is 12.2 Å². The van der Waals surface area contributed by atoms with Gasteiger partial charge < -0.3 is 5.11 Å². The van der Waals surface area contributed by atoms with E-state index in [9.17, 15) is 13.2 Å². The fourth-order valence-corrected chi connectivity index (χ4v) is 4.05. The lowest BCUT2D eigenvalue weighted by molar-refractivity contribution is -0.136. The highest BCUT2D eigenvalue weighted by Gasteiger charge is 2.17. The molecule has 5 nitrogen and oxygen atoms in total. The highest BCUT2D eigenvalue weighted by atomic mass is 32.2. The van der Waals surface area contributed by atoms with E-state index in [1.165, 1.54) is 0 Å². The molecule has 2 aromatic carbocycles. The number of aryl methyl sites for hydroxylation is 1. The molecule has 2 N–H and O–H groups in total. The molecule has 0 radical (unpaired) electrons. The Bertz CT molecular complexity index is 934. The smallest absolute Gasteiger partial charge is 0.307 e. The summed E-state index contributed by atoms with van der Waals surface area (Å²) in [6.07, 6.45) is 3.38. The van der Waals surface area contributed by atoms with Gasteiger partial charge in [0.2, 0.25) is 10.0 Å². The summed E-state index contributed by atoms with van der Waals surface area (Å²) in [5.74, 6) is -0.818. The molecule has 0 aromatic heterocycles. The van der Waals surface area contributed by atoms with Crippen LogP contribution in [-0.2, 0) is 40.5 Å². The Labute approximate surface area is 153 Å². The number of benzene rings is 2. The third-order valence-corrected chi connectivity index (χ3v) is 5.62. The van der Waals surface area contributed by atoms with Crippen molar-refractivity contribution in [3.8, 4) is 0 Å². The van der Waals surface area contributed by atoms with Crippen molar-refractivity contribution in [2.24, 2.45) is 0 Å². The van der Waals surface area contributed by atoms with E-state index in [2.05, 4.69) is 4.72 Å². The van der Waals surface area contributed by atoms with Crippen LogP contribution in [-0.4, -0.2) is 25.2 Å². The molecule has 0 unspecified atom stereocenters. The van der Waals surface area contributed by atoms with Crippen LogP contribution in [0.4, 0.5) is 0 Å². The molecule has 3 rings (SSSR count). The van der Waals surface area contributed by atoms with Crippen LogP contribution in [0.15, 0.2) is 60.3 Å². The lowest BCUT2D eigenvalue weighted by Crippen LogP contribution is -2.23. The van der Waals surface area contributed by atoms with Crippen molar-refractivity contribution in [2.75, 3.05) is 5.75 Å². The minimum Gasteiger partial charge on any atom is -0.481 e. The molecule has 2 aromatic rings. The number of rotatable bonds is 7. The highest BCUT2D eigenvalue weighted by molar-refractivity contribution is 7.89. The van der Waals surface area contributed by atoms with E-state index in [4.69, 9.17) is 5.11 Å². The number of fused-ring (bicyclic) bond motifs is 1. The average Bonchev–Trinajstić information content (AvgIpc) is 3.01. The third kappa shape index (κ3) is 4.95. The number of aliphatic carboxylic acids is 1. The standard InChI is InChI=1S/C20H21NO4S/c22-20(23)13-16-6-7-18-11-17(12-19(18)10-16)14-21-26(24,25)9-8-15-4-2-1-3-5-15/h1-7,10,14,21H,8-9,11-13H2,(H,22,23). The summed E-state index contributed by atoms with van der Waals surface area (Å²) in [5, 5.41) is 8.89. The summed E-state index contributed by atoms with van der Waals surface area (Å²) >= 11 is 0. The van der Waals surface area contributed by atoms with Crippen molar-refractivity contribution in [1.29, 1.82) is 0 Å². The van der Waals surface area contributed by atoms with Gasteiger partial charge >= 0.3 is 5.97 Å². The van der Waals surface area contributed by atoms with Crippen molar-refractivity contribution < 1.29 is 18.3 Å². The SMILES string of the molecule is O=C(O)Cc1ccc2c(c1)CC(=CNS(=O)(=O)CCc1ccccc1)C2. The number of allylic oxidation sites excluding steroid dienone is 1. The van der Waals surface area contributed by atoms with Crippen LogP contribution < -0.4 is 4.72 Å². The molecular weight excluding hydrogens is 350 g/mol. The summed E-state index contributed by atoms with van der Waals surface area (Å²) in [6.45, 7) is 0. The topological polar surface area (TPSA) is 83.5 Å². The van der Waals surface area contributed by atoms with Gasteiger partial charge in [-0.05, 0) is 47.1 Å². The van der Waals surface area contributed by atoms with Gasteiger partial charge in [-0.2, -0.15) is 0 Å². The Balaban J connectivity index is 1.59. The highest BCUT2D eigenvalue weighted by Crippen LogP contribution is 2.27. The Morgan fingerprint density at radius 2 is 1.77 bits per heavy atom. The maximum Gasteiger partial charge on any atom is 0.307 e. The molecule has 136 valence electrons. The summed E-state index contributed by atoms with van der Waals surface area (Å²) in [4.78, 5) is 10.8. The van der Waals surface area contributed by atoms with Crippen LogP contribution in [0.1, 0.15) is 22.3 Å². The minimum absolute atomic E-state index is 0.00154. The van der Waals surface area contributed by atoms with Gasteiger partial charge in [0.05, 0.1) is 12.2 Å². The molecule has 0 bridgehead atoms. The lowest BCUT2D eigenvalue weighted by atomic mass is 10.0. The first-order chi connectivity index (χ1) is 12.4. The van der Waals surface area contributed by atoms with Crippen molar-refractivity contribution in [3.05, 3.63) is 82.6 Å². The van der Waals surface area contributed by atoms with Gasteiger partial charge in [0.1, 0.15) is 0 Å². The van der Waals surface area contributed by atoms with E-state index in [0.717, 1.165) is 27.8 Å². The second-order valence-corrected chi connectivity index (χ2v) is 8.38. The number of sulfonamides is 1. The molecule has 0 fully saturated rings. The van der Waals surface area contributed by atoms with Gasteiger partial charge in [-0.25, -0.2) is 8.42 Å². The minimum atomic E-state index is -3.38. The van der Waals surface area contributed by atoms with Crippen molar-refractivity contribution >= 4 is 16.0 Å². The van der Waals surface area contributed by atoms with Gasteiger partial charge in [-0.1, -0.05) is 48.5 Å². The number of hydrogen-bond acceptors (Lipinski definition) is 3. The largest absolute Gasteiger partial charge is 0.481 e. The first-order valence-corrected chi connectivity index (χ1v) is 10.1. The van der Waals surface area contributed by atoms with Crippen LogP contribution in [0.2, 0.25) is 0 Å². The Morgan fingerprint density at radius 3 is 2.50 bits per heavy atom. The number of carboxylic acids is 1. The van der Waals surface area contributed by atoms with Gasteiger partial charge in [-0.15, -0.1) is 0 Å². The fourth-order valence-electron chi connectivity index (χ4n) is 3.08. The number of hydrogen-bond donors (Lipinski definition) is 2. The average molecular weight is 371 g/mol. The first-order valence-electron chi connectivity index (χ1n) is 8.45. The predicted octanol–water partition coefficient (Wildman–Crippen LogP) is 2.46. The lowest BCUT2D eigenvalue weighted by Gasteiger charge is -2.05. The fraction of sp³-hybridized carbons (Fsp3) is 0.250. The molecule has 0 heterocycles. The Hall–Kier alpha value is -2.60. The van der Waals surface area contributed by atoms with Crippen molar-refractivity contribution in [3.63, 3.8) is 0 Å². The molecule has 0 atom stereocenters. The Morgan fingerprint density at radius 1 is 1.04 bits per heavy atom. The number of carboxylic acid groups (broad SMARTS) is 1. The summed E-state index contributed by atoms with van der Waals surface area (Å²) in [6, 6.07) is 15.2. The van der Waals surface area contributed by atoms with Crippen molar-refractivity contribution in [2.45, 2.75) is 25.7 Å².